The van der Waals surface area contributed by atoms with Gasteiger partial charge in [-0.05, 0) is 31.0 Å². The van der Waals surface area contributed by atoms with E-state index in [-0.39, 0.29) is 11.2 Å². The van der Waals surface area contributed by atoms with E-state index in [9.17, 15) is 4.79 Å². The molecule has 0 aliphatic carbocycles. The van der Waals surface area contributed by atoms with Crippen molar-refractivity contribution in [3.63, 3.8) is 0 Å². The topological polar surface area (TPSA) is 35.5 Å². The predicted octanol–water partition coefficient (Wildman–Crippen LogP) is 2.25. The van der Waals surface area contributed by atoms with E-state index in [4.69, 9.17) is 9.47 Å². The van der Waals surface area contributed by atoms with Gasteiger partial charge in [0.15, 0.2) is 0 Å². The lowest BCUT2D eigenvalue weighted by Gasteiger charge is -2.41. The van der Waals surface area contributed by atoms with Crippen LogP contribution < -0.4 is 4.74 Å². The highest BCUT2D eigenvalue weighted by Gasteiger charge is 2.41. The van der Waals surface area contributed by atoms with E-state index in [2.05, 4.69) is 6.07 Å². The second-order valence-corrected chi connectivity index (χ2v) is 4.84. The summed E-state index contributed by atoms with van der Waals surface area (Å²) in [6, 6.07) is 6.10. The molecule has 0 radical (unpaired) electrons. The van der Waals surface area contributed by atoms with E-state index in [1.54, 1.807) is 14.0 Å². The smallest absolute Gasteiger partial charge is 0.130 e. The normalized spacial score (nSPS) is 17.4. The van der Waals surface area contributed by atoms with Crippen molar-refractivity contribution < 1.29 is 14.3 Å². The molecule has 1 aliphatic heterocycles. The van der Waals surface area contributed by atoms with Crippen LogP contribution in [0.3, 0.4) is 0 Å². The second kappa shape index (κ2) is 4.49. The quantitative estimate of drug-likeness (QED) is 0.801. The number of carbonyl (C=O) groups is 1. The first-order valence-electron chi connectivity index (χ1n) is 5.80. The number of rotatable bonds is 4. The van der Waals surface area contributed by atoms with Crippen LogP contribution in [0.2, 0.25) is 0 Å². The van der Waals surface area contributed by atoms with Crippen molar-refractivity contribution in [1.29, 1.82) is 0 Å². The number of methoxy groups -OCH3 is 1. The van der Waals surface area contributed by atoms with Crippen molar-refractivity contribution in [2.45, 2.75) is 25.7 Å². The molecule has 0 bridgehead atoms. The van der Waals surface area contributed by atoms with Gasteiger partial charge in [0, 0.05) is 11.8 Å². The van der Waals surface area contributed by atoms with Gasteiger partial charge in [-0.1, -0.05) is 12.1 Å². The Morgan fingerprint density at radius 1 is 1.47 bits per heavy atom. The summed E-state index contributed by atoms with van der Waals surface area (Å²) in [5.41, 5.74) is 2.17. The number of aryl methyl sites for hydroxylation is 1. The molecule has 0 unspecified atom stereocenters. The molecule has 17 heavy (non-hydrogen) atoms. The first kappa shape index (κ1) is 12.1. The summed E-state index contributed by atoms with van der Waals surface area (Å²) in [4.78, 5) is 11.4. The molecule has 1 saturated heterocycles. The average molecular weight is 234 g/mol. The molecule has 1 aromatic rings. The zero-order chi connectivity index (χ0) is 12.5. The molecule has 0 saturated carbocycles. The Morgan fingerprint density at radius 3 is 2.59 bits per heavy atom. The lowest BCUT2D eigenvalue weighted by Crippen LogP contribution is -2.48. The molecule has 92 valence electrons. The molecule has 1 aromatic carbocycles. The third kappa shape index (κ3) is 2.20. The van der Waals surface area contributed by atoms with Crippen molar-refractivity contribution in [3.05, 3.63) is 29.3 Å². The number of hydrogen-bond acceptors (Lipinski definition) is 3. The zero-order valence-corrected chi connectivity index (χ0v) is 10.6. The Morgan fingerprint density at radius 2 is 2.18 bits per heavy atom. The molecule has 0 amide bonds. The van der Waals surface area contributed by atoms with E-state index < -0.39 is 0 Å². The molecule has 2 rings (SSSR count). The van der Waals surface area contributed by atoms with Crippen molar-refractivity contribution in [2.24, 2.45) is 0 Å². The summed E-state index contributed by atoms with van der Waals surface area (Å²) >= 11 is 0. The van der Waals surface area contributed by atoms with Gasteiger partial charge in [-0.15, -0.1) is 0 Å². The lowest BCUT2D eigenvalue weighted by atomic mass is 9.74. The van der Waals surface area contributed by atoms with Gasteiger partial charge in [-0.3, -0.25) is 4.79 Å². The van der Waals surface area contributed by atoms with Crippen LogP contribution in [-0.2, 0) is 14.9 Å². The van der Waals surface area contributed by atoms with Crippen LogP contribution in [0.5, 0.6) is 5.75 Å². The minimum absolute atomic E-state index is 0.108. The summed E-state index contributed by atoms with van der Waals surface area (Å²) in [6.45, 7) is 4.93. The SMILES string of the molecule is COc1ccc(C2(CC(C)=O)COC2)cc1C. The Kier molecular flexibility index (Phi) is 3.20. The monoisotopic (exact) mass is 234 g/mol. The fourth-order valence-corrected chi connectivity index (χ4v) is 2.40. The molecule has 1 heterocycles. The van der Waals surface area contributed by atoms with E-state index in [0.717, 1.165) is 11.3 Å². The van der Waals surface area contributed by atoms with E-state index in [1.165, 1.54) is 5.56 Å². The van der Waals surface area contributed by atoms with E-state index in [0.29, 0.717) is 19.6 Å². The van der Waals surface area contributed by atoms with Crippen LogP contribution in [0, 0.1) is 6.92 Å². The maximum Gasteiger partial charge on any atom is 0.130 e. The largest absolute Gasteiger partial charge is 0.496 e. The molecule has 1 fully saturated rings. The number of benzene rings is 1. The van der Waals surface area contributed by atoms with Gasteiger partial charge in [-0.25, -0.2) is 0 Å². The average Bonchev–Trinajstić information content (AvgIpc) is 2.23. The number of hydrogen-bond donors (Lipinski definition) is 0. The van der Waals surface area contributed by atoms with Crippen LogP contribution in [0.25, 0.3) is 0 Å². The highest BCUT2D eigenvalue weighted by molar-refractivity contribution is 5.77. The molecule has 3 heteroatoms. The highest BCUT2D eigenvalue weighted by atomic mass is 16.5. The van der Waals surface area contributed by atoms with Gasteiger partial charge < -0.3 is 9.47 Å². The third-order valence-corrected chi connectivity index (χ3v) is 3.35. The molecule has 1 aliphatic rings. The van der Waals surface area contributed by atoms with Gasteiger partial charge >= 0.3 is 0 Å². The minimum atomic E-state index is -0.108. The summed E-state index contributed by atoms with van der Waals surface area (Å²) in [5, 5.41) is 0. The molecule has 3 nitrogen and oxygen atoms in total. The van der Waals surface area contributed by atoms with Gasteiger partial charge in [-0.2, -0.15) is 0 Å². The number of carbonyl (C=O) groups excluding carboxylic acids is 1. The van der Waals surface area contributed by atoms with Crippen molar-refractivity contribution >= 4 is 5.78 Å². The van der Waals surface area contributed by atoms with E-state index in [1.807, 2.05) is 19.1 Å². The van der Waals surface area contributed by atoms with Crippen LogP contribution in [0.15, 0.2) is 18.2 Å². The molecule has 0 spiro atoms. The molecule has 0 N–H and O–H groups in total. The van der Waals surface area contributed by atoms with Gasteiger partial charge in [0.25, 0.3) is 0 Å². The van der Waals surface area contributed by atoms with Gasteiger partial charge in [0.05, 0.1) is 20.3 Å². The van der Waals surface area contributed by atoms with Crippen molar-refractivity contribution in [1.82, 2.24) is 0 Å². The third-order valence-electron chi connectivity index (χ3n) is 3.35. The molecular formula is C14H18O3. The first-order chi connectivity index (χ1) is 8.07. The second-order valence-electron chi connectivity index (χ2n) is 4.84. The standard InChI is InChI=1S/C14H18O3/c1-10-6-12(4-5-13(10)16-3)14(7-11(2)15)8-17-9-14/h4-6H,7-9H2,1-3H3. The summed E-state index contributed by atoms with van der Waals surface area (Å²) < 4.78 is 10.6. The first-order valence-corrected chi connectivity index (χ1v) is 5.80. The fourth-order valence-electron chi connectivity index (χ4n) is 2.40. The van der Waals surface area contributed by atoms with Crippen LogP contribution in [-0.4, -0.2) is 26.1 Å². The maximum atomic E-state index is 11.4. The number of Topliss-reactive ketones (excluding diaryl/α,β-unsaturated/α-hetero) is 1. The summed E-state index contributed by atoms with van der Waals surface area (Å²) in [5.74, 6) is 1.09. The summed E-state index contributed by atoms with van der Waals surface area (Å²) in [7, 11) is 1.67. The minimum Gasteiger partial charge on any atom is -0.496 e. The predicted molar refractivity (Wildman–Crippen MR) is 65.5 cm³/mol. The van der Waals surface area contributed by atoms with Crippen LogP contribution in [0.1, 0.15) is 24.5 Å². The highest BCUT2D eigenvalue weighted by Crippen LogP contribution is 2.37. The Bertz CT molecular complexity index is 433. The molecule has 0 aromatic heterocycles. The number of ether oxygens (including phenoxy) is 2. The van der Waals surface area contributed by atoms with Crippen LogP contribution in [0.4, 0.5) is 0 Å². The molecular weight excluding hydrogens is 216 g/mol. The van der Waals surface area contributed by atoms with Crippen molar-refractivity contribution in [3.8, 4) is 5.75 Å². The Balaban J connectivity index is 2.31. The Hall–Kier alpha value is -1.35. The Labute approximate surface area is 102 Å². The van der Waals surface area contributed by atoms with Crippen LogP contribution >= 0.6 is 0 Å². The maximum absolute atomic E-state index is 11.4. The zero-order valence-electron chi connectivity index (χ0n) is 10.6. The molecule has 0 atom stereocenters. The van der Waals surface area contributed by atoms with Gasteiger partial charge in [0.2, 0.25) is 0 Å². The lowest BCUT2D eigenvalue weighted by molar-refractivity contribution is -0.125. The van der Waals surface area contributed by atoms with Crippen molar-refractivity contribution in [2.75, 3.05) is 20.3 Å². The fraction of sp³-hybridized carbons (Fsp3) is 0.500. The van der Waals surface area contributed by atoms with E-state index >= 15 is 0 Å². The van der Waals surface area contributed by atoms with Gasteiger partial charge in [0.1, 0.15) is 11.5 Å². The summed E-state index contributed by atoms with van der Waals surface area (Å²) in [6.07, 6.45) is 0.554. The number of ketones is 1.